The molecule has 5 rings (SSSR count). The third kappa shape index (κ3) is 8.34. The number of benzene rings is 4. The second kappa shape index (κ2) is 15.2. The molecule has 11 heteroatoms. The maximum Gasteiger partial charge on any atom is 0.264 e. The normalized spacial score (nSPS) is 14.1. The van der Waals surface area contributed by atoms with Crippen LogP contribution in [0.4, 0.5) is 10.1 Å². The van der Waals surface area contributed by atoms with Crippen LogP contribution in [-0.2, 0) is 32.6 Å². The Morgan fingerprint density at radius 2 is 1.54 bits per heavy atom. The summed E-state index contributed by atoms with van der Waals surface area (Å²) in [5.41, 5.74) is 1.61. The molecule has 0 heterocycles. The fourth-order valence-corrected chi connectivity index (χ4v) is 7.69. The number of halogens is 3. The van der Waals surface area contributed by atoms with E-state index >= 15 is 0 Å². The lowest BCUT2D eigenvalue weighted by atomic mass is 10.0. The van der Waals surface area contributed by atoms with E-state index in [0.29, 0.717) is 0 Å². The second-order valence-electron chi connectivity index (χ2n) is 11.3. The van der Waals surface area contributed by atoms with Crippen molar-refractivity contribution in [2.24, 2.45) is 0 Å². The number of rotatable bonds is 12. The molecule has 1 fully saturated rings. The molecule has 1 N–H and O–H groups in total. The second-order valence-corrected chi connectivity index (χ2v) is 14.5. The first-order chi connectivity index (χ1) is 22.1. The average Bonchev–Trinajstić information content (AvgIpc) is 3.56. The van der Waals surface area contributed by atoms with Gasteiger partial charge in [-0.2, -0.15) is 0 Å². The topological polar surface area (TPSA) is 86.8 Å². The van der Waals surface area contributed by atoms with Gasteiger partial charge in [0.1, 0.15) is 18.4 Å². The van der Waals surface area contributed by atoms with E-state index in [0.717, 1.165) is 51.7 Å². The van der Waals surface area contributed by atoms with Crippen LogP contribution in [0.1, 0.15) is 36.8 Å². The Hall–Kier alpha value is -3.73. The molecule has 1 atom stereocenters. The minimum absolute atomic E-state index is 0.00455. The van der Waals surface area contributed by atoms with Crippen LogP contribution in [0.5, 0.6) is 0 Å². The summed E-state index contributed by atoms with van der Waals surface area (Å²) in [4.78, 5) is 30.0. The van der Waals surface area contributed by atoms with Crippen LogP contribution in [0.2, 0.25) is 5.02 Å². The summed E-state index contributed by atoms with van der Waals surface area (Å²) in [7, 11) is -4.32. The molecule has 0 aromatic heterocycles. The van der Waals surface area contributed by atoms with E-state index in [1.807, 2.05) is 54.6 Å². The summed E-state index contributed by atoms with van der Waals surface area (Å²) < 4.78 is 44.0. The first-order valence-corrected chi connectivity index (χ1v) is 17.6. The highest BCUT2D eigenvalue weighted by molar-refractivity contribution is 9.10. The van der Waals surface area contributed by atoms with Crippen molar-refractivity contribution in [1.82, 2.24) is 10.2 Å². The molecule has 0 unspecified atom stereocenters. The maximum atomic E-state index is 14.5. The quantitative estimate of drug-likeness (QED) is 0.168. The fourth-order valence-electron chi connectivity index (χ4n) is 5.64. The Kier molecular flexibility index (Phi) is 11.1. The molecule has 4 aromatic rings. The first kappa shape index (κ1) is 33.6. The smallest absolute Gasteiger partial charge is 0.264 e. The van der Waals surface area contributed by atoms with Crippen molar-refractivity contribution in [3.8, 4) is 0 Å². The van der Waals surface area contributed by atoms with Gasteiger partial charge in [-0.1, -0.05) is 101 Å². The van der Waals surface area contributed by atoms with E-state index in [1.165, 1.54) is 29.2 Å². The van der Waals surface area contributed by atoms with Gasteiger partial charge in [-0.3, -0.25) is 13.9 Å². The van der Waals surface area contributed by atoms with E-state index < -0.39 is 34.3 Å². The third-order valence-electron chi connectivity index (χ3n) is 8.02. The number of anilines is 1. The zero-order valence-corrected chi connectivity index (χ0v) is 28.1. The van der Waals surface area contributed by atoms with Crippen molar-refractivity contribution < 1.29 is 22.4 Å². The van der Waals surface area contributed by atoms with E-state index in [4.69, 9.17) is 11.6 Å². The standard InChI is InChI=1S/C35H34BrClFN3O4S/c36-27-13-9-12-26(20-27)23-40(33(21-25-10-3-1-4-11-25)35(43)39-28-14-7-8-15-28)34(42)24-41(29-18-19-32(38)31(37)22-29)46(44,45)30-16-5-2-6-17-30/h1-6,9-13,16-20,22,28,33H,7-8,14-15,21,23-24H2,(H,39,43)/t33-/m0/s1. The summed E-state index contributed by atoms with van der Waals surface area (Å²) in [6.45, 7) is -0.619. The monoisotopic (exact) mass is 725 g/mol. The largest absolute Gasteiger partial charge is 0.352 e. The summed E-state index contributed by atoms with van der Waals surface area (Å²) in [5, 5.41) is 2.86. The zero-order chi connectivity index (χ0) is 32.7. The summed E-state index contributed by atoms with van der Waals surface area (Å²) in [6, 6.07) is 27.0. The highest BCUT2D eigenvalue weighted by Crippen LogP contribution is 2.29. The number of sulfonamides is 1. The number of nitrogens with zero attached hydrogens (tertiary/aromatic N) is 2. The van der Waals surface area contributed by atoms with Crippen molar-refractivity contribution in [3.05, 3.63) is 130 Å². The van der Waals surface area contributed by atoms with Gasteiger partial charge in [0.15, 0.2) is 0 Å². The Morgan fingerprint density at radius 1 is 0.891 bits per heavy atom. The van der Waals surface area contributed by atoms with E-state index in [-0.39, 0.29) is 40.5 Å². The number of carbonyl (C=O) groups excluding carboxylic acids is 2. The molecule has 7 nitrogen and oxygen atoms in total. The number of hydrogen-bond donors (Lipinski definition) is 1. The molecule has 0 spiro atoms. The van der Waals surface area contributed by atoms with Crippen molar-refractivity contribution in [1.29, 1.82) is 0 Å². The SMILES string of the molecule is O=C(NC1CCCC1)[C@H](Cc1ccccc1)N(Cc1cccc(Br)c1)C(=O)CN(c1ccc(F)c(Cl)c1)S(=O)(=O)c1ccccc1. The molecule has 0 saturated heterocycles. The lowest BCUT2D eigenvalue weighted by Crippen LogP contribution is -2.54. The number of amides is 2. The van der Waals surface area contributed by atoms with Crippen LogP contribution in [-0.4, -0.2) is 43.8 Å². The van der Waals surface area contributed by atoms with Crippen LogP contribution in [0.15, 0.2) is 112 Å². The Balaban J connectivity index is 1.57. The van der Waals surface area contributed by atoms with Crippen molar-refractivity contribution in [2.45, 2.75) is 55.6 Å². The fraction of sp³-hybridized carbons (Fsp3) is 0.257. The van der Waals surface area contributed by atoms with Gasteiger partial charge in [0.25, 0.3) is 10.0 Å². The Bertz CT molecular complexity index is 1770. The van der Waals surface area contributed by atoms with Crippen LogP contribution in [0.25, 0.3) is 0 Å². The van der Waals surface area contributed by atoms with Gasteiger partial charge in [-0.05, 0) is 66.4 Å². The Labute approximate surface area is 282 Å². The highest BCUT2D eigenvalue weighted by Gasteiger charge is 2.35. The van der Waals surface area contributed by atoms with Gasteiger partial charge in [-0.25, -0.2) is 12.8 Å². The highest BCUT2D eigenvalue weighted by atomic mass is 79.9. The lowest BCUT2D eigenvalue weighted by Gasteiger charge is -2.34. The molecule has 240 valence electrons. The molecule has 4 aromatic carbocycles. The van der Waals surface area contributed by atoms with E-state index in [1.54, 1.807) is 18.2 Å². The van der Waals surface area contributed by atoms with Gasteiger partial charge in [0.05, 0.1) is 15.6 Å². The van der Waals surface area contributed by atoms with Crippen LogP contribution in [0, 0.1) is 5.82 Å². The zero-order valence-electron chi connectivity index (χ0n) is 25.0. The third-order valence-corrected chi connectivity index (χ3v) is 10.6. The van der Waals surface area contributed by atoms with Crippen LogP contribution < -0.4 is 9.62 Å². The maximum absolute atomic E-state index is 14.5. The van der Waals surface area contributed by atoms with Crippen LogP contribution in [0.3, 0.4) is 0 Å². The molecular formula is C35H34BrClFN3O4S. The molecule has 2 amide bonds. The predicted molar refractivity (Wildman–Crippen MR) is 181 cm³/mol. The molecule has 46 heavy (non-hydrogen) atoms. The van der Waals surface area contributed by atoms with E-state index in [2.05, 4.69) is 21.2 Å². The van der Waals surface area contributed by atoms with Crippen molar-refractivity contribution >= 4 is 55.1 Å². The van der Waals surface area contributed by atoms with Gasteiger partial charge < -0.3 is 10.2 Å². The van der Waals surface area contributed by atoms with Gasteiger partial charge in [-0.15, -0.1) is 0 Å². The average molecular weight is 727 g/mol. The molecule has 0 aliphatic heterocycles. The van der Waals surface area contributed by atoms with Crippen molar-refractivity contribution in [2.75, 3.05) is 10.8 Å². The van der Waals surface area contributed by atoms with Gasteiger partial charge in [0.2, 0.25) is 11.8 Å². The molecule has 0 radical (unpaired) electrons. The number of hydrogen-bond acceptors (Lipinski definition) is 4. The molecule has 1 aliphatic carbocycles. The van der Waals surface area contributed by atoms with Gasteiger partial charge in [0, 0.05) is 23.5 Å². The number of carbonyl (C=O) groups is 2. The lowest BCUT2D eigenvalue weighted by molar-refractivity contribution is -0.140. The first-order valence-electron chi connectivity index (χ1n) is 15.0. The van der Waals surface area contributed by atoms with Crippen molar-refractivity contribution in [3.63, 3.8) is 0 Å². The molecular weight excluding hydrogens is 693 g/mol. The molecule has 1 aliphatic rings. The minimum Gasteiger partial charge on any atom is -0.352 e. The van der Waals surface area contributed by atoms with Crippen LogP contribution >= 0.6 is 27.5 Å². The Morgan fingerprint density at radius 3 is 2.20 bits per heavy atom. The summed E-state index contributed by atoms with van der Waals surface area (Å²) in [5.74, 6) is -1.64. The molecule has 0 bridgehead atoms. The van der Waals surface area contributed by atoms with Gasteiger partial charge >= 0.3 is 0 Å². The minimum atomic E-state index is -4.32. The number of nitrogens with one attached hydrogen (secondary N) is 1. The summed E-state index contributed by atoms with van der Waals surface area (Å²) >= 11 is 9.58. The molecule has 1 saturated carbocycles. The van der Waals surface area contributed by atoms with E-state index in [9.17, 15) is 22.4 Å². The summed E-state index contributed by atoms with van der Waals surface area (Å²) in [6.07, 6.45) is 3.96. The predicted octanol–water partition coefficient (Wildman–Crippen LogP) is 7.14.